The van der Waals surface area contributed by atoms with Crippen molar-refractivity contribution in [1.29, 1.82) is 0 Å². The maximum absolute atomic E-state index is 12.3. The second kappa shape index (κ2) is 9.22. The number of nitrogens with one attached hydrogen (secondary N) is 1. The van der Waals surface area contributed by atoms with Gasteiger partial charge in [-0.25, -0.2) is 0 Å². The van der Waals surface area contributed by atoms with Gasteiger partial charge in [0.2, 0.25) is 11.8 Å². The molecule has 2 heterocycles. The number of carbonyl (C=O) groups excluding carboxylic acids is 3. The van der Waals surface area contributed by atoms with Crippen molar-refractivity contribution in [1.82, 2.24) is 5.32 Å². The van der Waals surface area contributed by atoms with Crippen LogP contribution >= 0.6 is 0 Å². The van der Waals surface area contributed by atoms with Gasteiger partial charge < -0.3 is 9.64 Å². The fourth-order valence-corrected chi connectivity index (χ4v) is 4.17. The fraction of sp³-hybridized carbons (Fsp3) is 0.591. The number of rotatable bonds is 2. The first-order chi connectivity index (χ1) is 13.5. The lowest BCUT2D eigenvalue weighted by Gasteiger charge is -2.39. The first kappa shape index (κ1) is 20.4. The van der Waals surface area contributed by atoms with Gasteiger partial charge in [-0.15, -0.1) is 0 Å². The molecule has 1 aromatic carbocycles. The average molecular weight is 386 g/mol. The Bertz CT molecular complexity index is 736. The highest BCUT2D eigenvalue weighted by Crippen LogP contribution is 2.43. The molecule has 6 heteroatoms. The summed E-state index contributed by atoms with van der Waals surface area (Å²) in [4.78, 5) is 37.3. The van der Waals surface area contributed by atoms with Gasteiger partial charge in [-0.05, 0) is 36.8 Å². The number of carbonyl (C=O) groups is 3. The summed E-state index contributed by atoms with van der Waals surface area (Å²) >= 11 is 0. The number of imide groups is 1. The van der Waals surface area contributed by atoms with Crippen LogP contribution in [0.25, 0.3) is 0 Å². The van der Waals surface area contributed by atoms with E-state index < -0.39 is 0 Å². The van der Waals surface area contributed by atoms with E-state index in [2.05, 4.69) is 30.1 Å². The maximum atomic E-state index is 12.3. The molecule has 2 aliphatic heterocycles. The Labute approximate surface area is 166 Å². The van der Waals surface area contributed by atoms with Crippen molar-refractivity contribution in [3.63, 3.8) is 0 Å². The van der Waals surface area contributed by atoms with Crippen LogP contribution in [0, 0.1) is 0 Å². The highest BCUT2D eigenvalue weighted by Gasteiger charge is 2.36. The Morgan fingerprint density at radius 1 is 1.07 bits per heavy atom. The Balaban J connectivity index is 0.000000706. The van der Waals surface area contributed by atoms with Crippen molar-refractivity contribution < 1.29 is 19.1 Å². The minimum atomic E-state index is -0.330. The van der Waals surface area contributed by atoms with E-state index in [1.165, 1.54) is 6.42 Å². The third-order valence-corrected chi connectivity index (χ3v) is 5.48. The molecule has 4 rings (SSSR count). The molecule has 152 valence electrons. The van der Waals surface area contributed by atoms with Gasteiger partial charge in [-0.2, -0.15) is 0 Å². The van der Waals surface area contributed by atoms with E-state index in [1.54, 1.807) is 0 Å². The minimum absolute atomic E-state index is 0.199. The summed E-state index contributed by atoms with van der Waals surface area (Å²) in [6.45, 7) is 5.40. The van der Waals surface area contributed by atoms with Crippen LogP contribution in [-0.2, 0) is 14.4 Å². The van der Waals surface area contributed by atoms with Gasteiger partial charge in [0.05, 0.1) is 12.2 Å². The lowest BCUT2D eigenvalue weighted by molar-refractivity contribution is -0.134. The number of amides is 2. The van der Waals surface area contributed by atoms with Crippen molar-refractivity contribution in [2.24, 2.45) is 0 Å². The lowest BCUT2D eigenvalue weighted by atomic mass is 9.82. The molecule has 1 saturated heterocycles. The molecule has 0 aromatic heterocycles. The van der Waals surface area contributed by atoms with Gasteiger partial charge in [-0.3, -0.25) is 19.7 Å². The summed E-state index contributed by atoms with van der Waals surface area (Å²) in [7, 11) is 0. The molecular weight excluding hydrogens is 356 g/mol. The van der Waals surface area contributed by atoms with Crippen LogP contribution in [0.3, 0.4) is 0 Å². The number of piperidine rings is 1. The van der Waals surface area contributed by atoms with Crippen LogP contribution in [0.15, 0.2) is 18.2 Å². The first-order valence-electron chi connectivity index (χ1n) is 10.4. The zero-order valence-corrected chi connectivity index (χ0v) is 16.8. The van der Waals surface area contributed by atoms with Crippen molar-refractivity contribution >= 4 is 23.3 Å². The molecule has 1 atom stereocenters. The van der Waals surface area contributed by atoms with E-state index in [9.17, 15) is 14.4 Å². The van der Waals surface area contributed by atoms with E-state index >= 15 is 0 Å². The Hall–Kier alpha value is -2.37. The van der Waals surface area contributed by atoms with E-state index in [0.717, 1.165) is 29.8 Å². The number of hydrogen-bond acceptors (Lipinski definition) is 5. The summed E-state index contributed by atoms with van der Waals surface area (Å²) in [6.07, 6.45) is 5.13. The lowest BCUT2D eigenvalue weighted by Crippen LogP contribution is -2.54. The Morgan fingerprint density at radius 3 is 2.46 bits per heavy atom. The summed E-state index contributed by atoms with van der Waals surface area (Å²) < 4.78 is 5.99. The highest BCUT2D eigenvalue weighted by molar-refractivity contribution is 6.02. The van der Waals surface area contributed by atoms with Gasteiger partial charge in [0, 0.05) is 19.3 Å². The van der Waals surface area contributed by atoms with E-state index in [0.29, 0.717) is 50.5 Å². The minimum Gasteiger partial charge on any atom is -0.489 e. The molecule has 28 heavy (non-hydrogen) atoms. The molecule has 0 radical (unpaired) electrons. The SMILES string of the molecule is CCC.O=C1CCC(c2cccc3c2OCCN3C2CCC(=O)NC2=O)CC1. The topological polar surface area (TPSA) is 75.7 Å². The van der Waals surface area contributed by atoms with E-state index in [-0.39, 0.29) is 17.9 Å². The van der Waals surface area contributed by atoms with Crippen LogP contribution in [0.5, 0.6) is 5.75 Å². The number of para-hydroxylation sites is 1. The van der Waals surface area contributed by atoms with Gasteiger partial charge in [0.1, 0.15) is 24.2 Å². The number of fused-ring (bicyclic) bond motifs is 1. The van der Waals surface area contributed by atoms with Crippen LogP contribution in [0.1, 0.15) is 70.3 Å². The van der Waals surface area contributed by atoms with Crippen LogP contribution in [0.4, 0.5) is 5.69 Å². The van der Waals surface area contributed by atoms with E-state index in [4.69, 9.17) is 4.74 Å². The fourth-order valence-electron chi connectivity index (χ4n) is 4.17. The zero-order valence-electron chi connectivity index (χ0n) is 16.8. The van der Waals surface area contributed by atoms with Crippen molar-refractivity contribution in [2.45, 2.75) is 70.8 Å². The van der Waals surface area contributed by atoms with Crippen LogP contribution < -0.4 is 15.0 Å². The largest absolute Gasteiger partial charge is 0.489 e. The average Bonchev–Trinajstić information content (AvgIpc) is 2.69. The maximum Gasteiger partial charge on any atom is 0.249 e. The van der Waals surface area contributed by atoms with E-state index in [1.807, 2.05) is 12.1 Å². The second-order valence-electron chi connectivity index (χ2n) is 7.72. The van der Waals surface area contributed by atoms with Crippen molar-refractivity contribution in [3.8, 4) is 5.75 Å². The molecule has 0 bridgehead atoms. The molecule has 0 spiro atoms. The molecule has 1 saturated carbocycles. The van der Waals surface area contributed by atoms with Crippen LogP contribution in [-0.4, -0.2) is 36.8 Å². The third kappa shape index (κ3) is 4.37. The van der Waals surface area contributed by atoms with Gasteiger partial charge in [0.25, 0.3) is 0 Å². The molecule has 1 aromatic rings. The third-order valence-electron chi connectivity index (χ3n) is 5.48. The van der Waals surface area contributed by atoms with Gasteiger partial charge in [0.15, 0.2) is 0 Å². The Morgan fingerprint density at radius 2 is 1.79 bits per heavy atom. The van der Waals surface area contributed by atoms with Gasteiger partial charge >= 0.3 is 0 Å². The molecule has 1 aliphatic carbocycles. The molecule has 2 amide bonds. The predicted molar refractivity (Wildman–Crippen MR) is 108 cm³/mol. The standard InChI is InChI=1S/C19H22N2O4.C3H8/c22-13-6-4-12(5-7-13)14-2-1-3-15-18(14)25-11-10-21(15)16-8-9-17(23)20-19(16)24;1-3-2/h1-3,12,16H,4-11H2,(H,20,23,24);3H2,1-2H3. The summed E-state index contributed by atoms with van der Waals surface area (Å²) in [6, 6.07) is 5.73. The van der Waals surface area contributed by atoms with Crippen molar-refractivity contribution in [2.75, 3.05) is 18.1 Å². The zero-order chi connectivity index (χ0) is 20.1. The molecule has 1 unspecified atom stereocenters. The number of Topliss-reactive ketones (excluding diaryl/α,β-unsaturated/α-hetero) is 1. The molecule has 1 N–H and O–H groups in total. The van der Waals surface area contributed by atoms with Gasteiger partial charge in [-0.1, -0.05) is 32.4 Å². The number of ketones is 1. The number of nitrogens with zero attached hydrogens (tertiary/aromatic N) is 1. The molecule has 2 fully saturated rings. The summed E-state index contributed by atoms with van der Waals surface area (Å²) in [5, 5.41) is 2.44. The summed E-state index contributed by atoms with van der Waals surface area (Å²) in [5.41, 5.74) is 2.07. The Kier molecular flexibility index (Phi) is 6.70. The normalized spacial score (nSPS) is 22.6. The smallest absolute Gasteiger partial charge is 0.249 e. The number of benzene rings is 1. The predicted octanol–water partition coefficient (Wildman–Crippen LogP) is 3.33. The highest BCUT2D eigenvalue weighted by atomic mass is 16.5. The van der Waals surface area contributed by atoms with Crippen molar-refractivity contribution in [3.05, 3.63) is 23.8 Å². The molecular formula is C22H30N2O4. The first-order valence-corrected chi connectivity index (χ1v) is 10.4. The van der Waals surface area contributed by atoms with Crippen LogP contribution in [0.2, 0.25) is 0 Å². The summed E-state index contributed by atoms with van der Waals surface area (Å²) in [5.74, 6) is 1.09. The number of ether oxygens (including phenoxy) is 1. The number of anilines is 1. The molecule has 6 nitrogen and oxygen atoms in total. The quantitative estimate of drug-likeness (QED) is 0.789. The number of hydrogen-bond donors (Lipinski definition) is 1. The monoisotopic (exact) mass is 386 g/mol. The second-order valence-corrected chi connectivity index (χ2v) is 7.72. The molecule has 3 aliphatic rings.